The molecular formula is C16H22F2N2O3S. The van der Waals surface area contributed by atoms with Gasteiger partial charge in [-0.15, -0.1) is 0 Å². The Morgan fingerprint density at radius 1 is 1.21 bits per heavy atom. The summed E-state index contributed by atoms with van der Waals surface area (Å²) in [6.07, 6.45) is 4.25. The minimum absolute atomic E-state index is 0.0609. The van der Waals surface area contributed by atoms with Crippen molar-refractivity contribution in [3.05, 3.63) is 29.8 Å². The molecule has 0 radical (unpaired) electrons. The van der Waals surface area contributed by atoms with Crippen molar-refractivity contribution in [1.29, 1.82) is 0 Å². The molecule has 1 fully saturated rings. The number of carbonyl (C=O) groups excluding carboxylic acids is 1. The minimum atomic E-state index is -4.64. The van der Waals surface area contributed by atoms with Gasteiger partial charge in [0.25, 0.3) is 5.91 Å². The maximum absolute atomic E-state index is 12.5. The zero-order chi connectivity index (χ0) is 18.0. The zero-order valence-corrected chi connectivity index (χ0v) is 14.6. The van der Waals surface area contributed by atoms with E-state index in [1.54, 1.807) is 0 Å². The highest BCUT2D eigenvalue weighted by Crippen LogP contribution is 2.33. The van der Waals surface area contributed by atoms with Gasteiger partial charge in [-0.05, 0) is 51.2 Å². The molecule has 0 unspecified atom stereocenters. The van der Waals surface area contributed by atoms with Crippen LogP contribution in [0.1, 0.15) is 36.0 Å². The number of likely N-dealkylation sites (N-methyl/N-ethyl adjacent to an activating group) is 1. The third-order valence-electron chi connectivity index (χ3n) is 4.74. The zero-order valence-electron chi connectivity index (χ0n) is 13.8. The van der Waals surface area contributed by atoms with Gasteiger partial charge >= 0.3 is 5.76 Å². The first-order valence-electron chi connectivity index (χ1n) is 7.77. The monoisotopic (exact) mass is 360 g/mol. The lowest BCUT2D eigenvalue weighted by atomic mass is 9.96. The van der Waals surface area contributed by atoms with Gasteiger partial charge < -0.3 is 10.2 Å². The number of hydrogen-bond acceptors (Lipinski definition) is 4. The molecule has 0 bridgehead atoms. The Labute approximate surface area is 141 Å². The van der Waals surface area contributed by atoms with Crippen molar-refractivity contribution >= 4 is 15.7 Å². The highest BCUT2D eigenvalue weighted by atomic mass is 32.2. The Hall–Kier alpha value is -1.54. The van der Waals surface area contributed by atoms with E-state index in [1.165, 1.54) is 12.1 Å². The van der Waals surface area contributed by atoms with Crippen LogP contribution in [0.3, 0.4) is 0 Å². The molecule has 134 valence electrons. The van der Waals surface area contributed by atoms with Crippen LogP contribution >= 0.6 is 0 Å². The quantitative estimate of drug-likeness (QED) is 0.845. The topological polar surface area (TPSA) is 66.5 Å². The fourth-order valence-corrected chi connectivity index (χ4v) is 3.78. The van der Waals surface area contributed by atoms with Gasteiger partial charge in [-0.1, -0.05) is 12.8 Å². The standard InChI is InChI=1S/C16H22F2N2O3S/c1-20(2)16(9-3-4-10-16)11-19-14(21)12-5-7-13(8-6-12)24(22,23)15(17)18/h5-8,15H,3-4,9-11H2,1-2H3,(H,19,21). The third-order valence-corrected chi connectivity index (χ3v) is 6.14. The second-order valence-corrected chi connectivity index (χ2v) is 8.26. The summed E-state index contributed by atoms with van der Waals surface area (Å²) in [4.78, 5) is 13.9. The predicted octanol–water partition coefficient (Wildman–Crippen LogP) is 2.29. The number of benzene rings is 1. The van der Waals surface area contributed by atoms with Crippen molar-refractivity contribution in [2.24, 2.45) is 0 Å². The molecule has 1 N–H and O–H groups in total. The van der Waals surface area contributed by atoms with Gasteiger partial charge in [0.1, 0.15) is 0 Å². The van der Waals surface area contributed by atoms with Crippen LogP contribution in [-0.2, 0) is 9.84 Å². The highest BCUT2D eigenvalue weighted by molar-refractivity contribution is 7.91. The van der Waals surface area contributed by atoms with Crippen molar-refractivity contribution in [2.75, 3.05) is 20.6 Å². The molecule has 1 saturated carbocycles. The second kappa shape index (κ2) is 7.14. The van der Waals surface area contributed by atoms with Gasteiger partial charge in [0, 0.05) is 17.6 Å². The van der Waals surface area contributed by atoms with Crippen molar-refractivity contribution in [2.45, 2.75) is 41.9 Å². The Balaban J connectivity index is 2.06. The SMILES string of the molecule is CN(C)C1(CNC(=O)c2ccc(S(=O)(=O)C(F)F)cc2)CCCC1. The number of rotatable bonds is 6. The Bertz CT molecular complexity index is 682. The van der Waals surface area contributed by atoms with E-state index in [2.05, 4.69) is 10.2 Å². The molecule has 0 spiro atoms. The Morgan fingerprint density at radius 3 is 2.21 bits per heavy atom. The average Bonchev–Trinajstić information content (AvgIpc) is 3.03. The molecule has 0 aromatic heterocycles. The van der Waals surface area contributed by atoms with E-state index < -0.39 is 20.5 Å². The summed E-state index contributed by atoms with van der Waals surface area (Å²) >= 11 is 0. The first kappa shape index (κ1) is 18.8. The van der Waals surface area contributed by atoms with Crippen LogP contribution in [0.4, 0.5) is 8.78 Å². The molecular weight excluding hydrogens is 338 g/mol. The largest absolute Gasteiger partial charge is 0.350 e. The molecule has 1 amide bonds. The smallest absolute Gasteiger partial charge is 0.341 e. The molecule has 1 aliphatic rings. The molecule has 0 saturated heterocycles. The van der Waals surface area contributed by atoms with Crippen LogP contribution in [0.25, 0.3) is 0 Å². The van der Waals surface area contributed by atoms with Gasteiger partial charge in [0.15, 0.2) is 0 Å². The number of nitrogens with one attached hydrogen (secondary N) is 1. The molecule has 1 aliphatic carbocycles. The van der Waals surface area contributed by atoms with Gasteiger partial charge in [-0.2, -0.15) is 8.78 Å². The van der Waals surface area contributed by atoms with Crippen LogP contribution in [-0.4, -0.2) is 51.2 Å². The van der Waals surface area contributed by atoms with Crippen LogP contribution in [0.15, 0.2) is 29.2 Å². The molecule has 5 nitrogen and oxygen atoms in total. The first-order valence-corrected chi connectivity index (χ1v) is 9.31. The summed E-state index contributed by atoms with van der Waals surface area (Å²) in [5.41, 5.74) is 0.185. The van der Waals surface area contributed by atoms with Gasteiger partial charge in [-0.3, -0.25) is 4.79 Å². The molecule has 1 aromatic carbocycles. The van der Waals surface area contributed by atoms with E-state index in [0.717, 1.165) is 37.8 Å². The predicted molar refractivity (Wildman–Crippen MR) is 86.9 cm³/mol. The summed E-state index contributed by atoms with van der Waals surface area (Å²) in [7, 11) is -0.662. The third kappa shape index (κ3) is 3.75. The number of carbonyl (C=O) groups is 1. The van der Waals surface area contributed by atoms with E-state index in [9.17, 15) is 22.0 Å². The summed E-state index contributed by atoms with van der Waals surface area (Å²) in [6, 6.07) is 4.57. The fourth-order valence-electron chi connectivity index (χ4n) is 3.06. The van der Waals surface area contributed by atoms with Crippen molar-refractivity contribution in [3.63, 3.8) is 0 Å². The Morgan fingerprint density at radius 2 is 1.75 bits per heavy atom. The second-order valence-electron chi connectivity index (χ2n) is 6.34. The van der Waals surface area contributed by atoms with Gasteiger partial charge in [0.05, 0.1) is 4.90 Å². The number of alkyl halides is 2. The van der Waals surface area contributed by atoms with Crippen LogP contribution in [0.5, 0.6) is 0 Å². The molecule has 8 heteroatoms. The number of amides is 1. The van der Waals surface area contributed by atoms with Crippen LogP contribution in [0.2, 0.25) is 0 Å². The molecule has 0 aliphatic heterocycles. The van der Waals surface area contributed by atoms with E-state index in [1.807, 2.05) is 14.1 Å². The maximum atomic E-state index is 12.5. The van der Waals surface area contributed by atoms with E-state index in [-0.39, 0.29) is 17.0 Å². The highest BCUT2D eigenvalue weighted by Gasteiger charge is 2.36. The van der Waals surface area contributed by atoms with Crippen molar-refractivity contribution in [3.8, 4) is 0 Å². The lowest BCUT2D eigenvalue weighted by Crippen LogP contribution is -2.50. The van der Waals surface area contributed by atoms with Crippen molar-refractivity contribution in [1.82, 2.24) is 10.2 Å². The van der Waals surface area contributed by atoms with Crippen molar-refractivity contribution < 1.29 is 22.0 Å². The van der Waals surface area contributed by atoms with Gasteiger partial charge in [-0.25, -0.2) is 8.42 Å². The molecule has 2 rings (SSSR count). The number of halogens is 2. The summed E-state index contributed by atoms with van der Waals surface area (Å²) in [5, 5.41) is 2.87. The number of nitrogens with zero attached hydrogens (tertiary/aromatic N) is 1. The first-order chi connectivity index (χ1) is 11.2. The molecule has 1 aromatic rings. The molecule has 0 heterocycles. The summed E-state index contributed by atoms with van der Waals surface area (Å²) < 4.78 is 47.7. The Kier molecular flexibility index (Phi) is 5.59. The summed E-state index contributed by atoms with van der Waals surface area (Å²) in [5.74, 6) is -3.82. The fraction of sp³-hybridized carbons (Fsp3) is 0.562. The molecule has 0 atom stereocenters. The normalized spacial score (nSPS) is 17.4. The summed E-state index contributed by atoms with van der Waals surface area (Å²) in [6.45, 7) is 0.496. The number of hydrogen-bond donors (Lipinski definition) is 1. The lowest BCUT2D eigenvalue weighted by Gasteiger charge is -2.36. The molecule has 24 heavy (non-hydrogen) atoms. The van der Waals surface area contributed by atoms with Crippen LogP contribution in [0, 0.1) is 0 Å². The van der Waals surface area contributed by atoms with E-state index in [4.69, 9.17) is 0 Å². The van der Waals surface area contributed by atoms with Gasteiger partial charge in [0.2, 0.25) is 9.84 Å². The minimum Gasteiger partial charge on any atom is -0.350 e. The number of sulfone groups is 1. The van der Waals surface area contributed by atoms with E-state index >= 15 is 0 Å². The van der Waals surface area contributed by atoms with E-state index in [0.29, 0.717) is 6.54 Å². The van der Waals surface area contributed by atoms with Crippen LogP contribution < -0.4 is 5.32 Å². The lowest BCUT2D eigenvalue weighted by molar-refractivity contribution is 0.0900. The average molecular weight is 360 g/mol. The maximum Gasteiger partial charge on any atom is 0.341 e.